The number of fused-ring (bicyclic) bond motifs is 5. The van der Waals surface area contributed by atoms with Crippen molar-refractivity contribution in [1.29, 1.82) is 0 Å². The molecule has 0 saturated heterocycles. The molecule has 1 aromatic carbocycles. The first kappa shape index (κ1) is 20.4. The van der Waals surface area contributed by atoms with E-state index in [-0.39, 0.29) is 23.2 Å². The summed E-state index contributed by atoms with van der Waals surface area (Å²) in [5.41, 5.74) is 1.72. The molecular weight excluding hydrogens is 394 g/mol. The lowest BCUT2D eigenvalue weighted by Crippen LogP contribution is -2.48. The van der Waals surface area contributed by atoms with Gasteiger partial charge < -0.3 is 4.74 Å². The zero-order chi connectivity index (χ0) is 21.8. The highest BCUT2D eigenvalue weighted by Crippen LogP contribution is 2.62. The lowest BCUT2D eigenvalue weighted by atomic mass is 9.52. The smallest absolute Gasteiger partial charge is 0.338 e. The number of rotatable bonds is 3. The van der Waals surface area contributed by atoms with Crippen LogP contribution in [-0.4, -0.2) is 22.8 Å². The van der Waals surface area contributed by atoms with Gasteiger partial charge in [0.1, 0.15) is 6.10 Å². The maximum absolute atomic E-state index is 12.8. The highest BCUT2D eigenvalue weighted by Gasteiger charge is 2.57. The summed E-state index contributed by atoms with van der Waals surface area (Å²) in [4.78, 5) is 35.0. The number of carbonyl (C=O) groups is 2. The summed E-state index contributed by atoms with van der Waals surface area (Å²) in [6.45, 7) is 2.30. The summed E-state index contributed by atoms with van der Waals surface area (Å²) in [6.07, 6.45) is 9.86. The minimum absolute atomic E-state index is 0.0106. The molecule has 31 heavy (non-hydrogen) atoms. The van der Waals surface area contributed by atoms with Crippen LogP contribution in [0.4, 0.5) is 5.69 Å². The number of esters is 1. The second kappa shape index (κ2) is 7.57. The fraction of sp³-hybridized carbons (Fsp3) is 0.600. The van der Waals surface area contributed by atoms with Crippen molar-refractivity contribution in [3.05, 3.63) is 51.6 Å². The number of hydrogen-bond acceptors (Lipinski definition) is 5. The fourth-order valence-corrected chi connectivity index (χ4v) is 7.24. The predicted octanol–water partition coefficient (Wildman–Crippen LogP) is 5.26. The predicted molar refractivity (Wildman–Crippen MR) is 114 cm³/mol. The van der Waals surface area contributed by atoms with E-state index >= 15 is 0 Å². The van der Waals surface area contributed by atoms with Crippen LogP contribution in [0.3, 0.4) is 0 Å². The van der Waals surface area contributed by atoms with Gasteiger partial charge in [0.2, 0.25) is 0 Å². The first-order valence-corrected chi connectivity index (χ1v) is 11.6. The van der Waals surface area contributed by atoms with Gasteiger partial charge in [-0.15, -0.1) is 0 Å². The van der Waals surface area contributed by atoms with Crippen LogP contribution in [0.15, 0.2) is 35.9 Å². The molecule has 4 aliphatic carbocycles. The molecule has 0 heterocycles. The van der Waals surface area contributed by atoms with Gasteiger partial charge in [0.05, 0.1) is 10.5 Å². The van der Waals surface area contributed by atoms with Crippen LogP contribution < -0.4 is 0 Å². The van der Waals surface area contributed by atoms with Crippen molar-refractivity contribution in [3.63, 3.8) is 0 Å². The summed E-state index contributed by atoms with van der Waals surface area (Å²) in [5, 5.41) is 10.8. The molecule has 6 atom stereocenters. The number of ether oxygens (including phenoxy) is 1. The standard InChI is InChI=1S/C25H29NO5/c1-25-13-12-20-19-9-7-18(27)14-16(19)4-8-21(20)22(25)10-11-23(25)31-24(28)15-2-5-17(6-3-15)26(29)30/h2-3,5-6,14,19-23H,4,7-13H2,1H3/t19-,20+,21+,22-,23-,25-/m1/s1. The van der Waals surface area contributed by atoms with Gasteiger partial charge in [-0.25, -0.2) is 4.79 Å². The van der Waals surface area contributed by atoms with Crippen LogP contribution in [0.2, 0.25) is 0 Å². The number of nitrogens with zero attached hydrogens (tertiary/aromatic N) is 1. The van der Waals surface area contributed by atoms with E-state index in [1.807, 2.05) is 6.08 Å². The van der Waals surface area contributed by atoms with Gasteiger partial charge >= 0.3 is 5.97 Å². The van der Waals surface area contributed by atoms with Crippen LogP contribution in [0.25, 0.3) is 0 Å². The first-order chi connectivity index (χ1) is 14.9. The summed E-state index contributed by atoms with van der Waals surface area (Å²) in [7, 11) is 0. The first-order valence-electron chi connectivity index (χ1n) is 11.6. The molecular formula is C25H29NO5. The van der Waals surface area contributed by atoms with Crippen LogP contribution >= 0.6 is 0 Å². The summed E-state index contributed by atoms with van der Waals surface area (Å²) in [5.74, 6) is 2.35. The molecule has 0 aliphatic heterocycles. The zero-order valence-electron chi connectivity index (χ0n) is 17.9. The number of non-ortho nitro benzene ring substituents is 1. The SMILES string of the molecule is C[C@@]12CC[C@@H]3[C@H](CCC4=CC(=O)CC[C@H]43)[C@H]1CC[C@H]2OC(=O)c1ccc([N+](=O)[O-])cc1. The molecule has 5 rings (SSSR count). The van der Waals surface area contributed by atoms with Gasteiger partial charge in [0.15, 0.2) is 5.78 Å². The molecule has 0 spiro atoms. The molecule has 0 unspecified atom stereocenters. The number of allylic oxidation sites excluding steroid dienone is 1. The van der Waals surface area contributed by atoms with Crippen LogP contribution in [0, 0.1) is 39.2 Å². The third-order valence-electron chi connectivity index (χ3n) is 8.78. The molecule has 0 amide bonds. The van der Waals surface area contributed by atoms with Crippen molar-refractivity contribution in [2.75, 3.05) is 0 Å². The molecule has 3 saturated carbocycles. The maximum Gasteiger partial charge on any atom is 0.338 e. The van der Waals surface area contributed by atoms with E-state index in [4.69, 9.17) is 4.74 Å². The van der Waals surface area contributed by atoms with Gasteiger partial charge in [0.25, 0.3) is 5.69 Å². The van der Waals surface area contributed by atoms with E-state index in [0.717, 1.165) is 44.9 Å². The van der Waals surface area contributed by atoms with E-state index in [1.54, 1.807) is 0 Å². The zero-order valence-corrected chi connectivity index (χ0v) is 17.9. The number of nitro groups is 1. The highest BCUT2D eigenvalue weighted by molar-refractivity contribution is 5.91. The topological polar surface area (TPSA) is 86.5 Å². The average Bonchev–Trinajstić information content (AvgIpc) is 3.09. The van der Waals surface area contributed by atoms with Crippen molar-refractivity contribution in [3.8, 4) is 0 Å². The molecule has 1 aromatic rings. The number of benzene rings is 1. The lowest BCUT2D eigenvalue weighted by Gasteiger charge is -2.53. The fourth-order valence-electron chi connectivity index (χ4n) is 7.24. The Bertz CT molecular complexity index is 951. The Morgan fingerprint density at radius 2 is 1.84 bits per heavy atom. The summed E-state index contributed by atoms with van der Waals surface area (Å²) in [6, 6.07) is 5.66. The van der Waals surface area contributed by atoms with Crippen molar-refractivity contribution < 1.29 is 19.2 Å². The Labute approximate surface area is 182 Å². The van der Waals surface area contributed by atoms with E-state index in [1.165, 1.54) is 29.8 Å². The molecule has 0 aromatic heterocycles. The van der Waals surface area contributed by atoms with Gasteiger partial charge in [-0.3, -0.25) is 14.9 Å². The van der Waals surface area contributed by atoms with Crippen molar-refractivity contribution in [1.82, 2.24) is 0 Å². The van der Waals surface area contributed by atoms with E-state index in [0.29, 0.717) is 41.4 Å². The van der Waals surface area contributed by atoms with E-state index < -0.39 is 4.92 Å². The van der Waals surface area contributed by atoms with Crippen LogP contribution in [-0.2, 0) is 9.53 Å². The molecule has 6 heteroatoms. The van der Waals surface area contributed by atoms with Crippen molar-refractivity contribution >= 4 is 17.4 Å². The van der Waals surface area contributed by atoms with Crippen LogP contribution in [0.1, 0.15) is 68.6 Å². The van der Waals surface area contributed by atoms with Crippen LogP contribution in [0.5, 0.6) is 0 Å². The van der Waals surface area contributed by atoms with Gasteiger partial charge in [-0.1, -0.05) is 12.5 Å². The molecule has 164 valence electrons. The van der Waals surface area contributed by atoms with E-state index in [2.05, 4.69) is 6.92 Å². The third-order valence-corrected chi connectivity index (χ3v) is 8.78. The largest absolute Gasteiger partial charge is 0.458 e. The normalized spacial score (nSPS) is 36.6. The monoisotopic (exact) mass is 423 g/mol. The molecule has 6 nitrogen and oxygen atoms in total. The quantitative estimate of drug-likeness (QED) is 0.376. The van der Waals surface area contributed by atoms with Gasteiger partial charge in [0, 0.05) is 24.0 Å². The molecule has 0 N–H and O–H groups in total. The number of hydrogen-bond donors (Lipinski definition) is 0. The Kier molecular flexibility index (Phi) is 4.98. The second-order valence-corrected chi connectivity index (χ2v) is 10.1. The Balaban J connectivity index is 1.30. The minimum atomic E-state index is -0.469. The number of carbonyl (C=O) groups excluding carboxylic acids is 2. The molecule has 3 fully saturated rings. The molecule has 0 bridgehead atoms. The molecule has 0 radical (unpaired) electrons. The number of ketones is 1. The lowest BCUT2D eigenvalue weighted by molar-refractivity contribution is -0.384. The van der Waals surface area contributed by atoms with Gasteiger partial charge in [-0.2, -0.15) is 0 Å². The average molecular weight is 424 g/mol. The minimum Gasteiger partial charge on any atom is -0.458 e. The van der Waals surface area contributed by atoms with Gasteiger partial charge in [-0.05, 0) is 86.8 Å². The summed E-state index contributed by atoms with van der Waals surface area (Å²) >= 11 is 0. The van der Waals surface area contributed by atoms with E-state index in [9.17, 15) is 19.7 Å². The summed E-state index contributed by atoms with van der Waals surface area (Å²) < 4.78 is 6.01. The Morgan fingerprint density at radius 1 is 1.06 bits per heavy atom. The molecule has 4 aliphatic rings. The second-order valence-electron chi connectivity index (χ2n) is 10.1. The maximum atomic E-state index is 12.8. The Hall–Kier alpha value is -2.50. The number of nitro benzene ring substituents is 1. The van der Waals surface area contributed by atoms with Crippen molar-refractivity contribution in [2.45, 2.75) is 64.4 Å². The Morgan fingerprint density at radius 3 is 2.58 bits per heavy atom. The third kappa shape index (κ3) is 3.40. The van der Waals surface area contributed by atoms with Crippen molar-refractivity contribution in [2.24, 2.45) is 29.1 Å². The highest BCUT2D eigenvalue weighted by atomic mass is 16.6.